The fraction of sp³-hybridized carbons (Fsp3) is 0.182. The largest absolute Gasteiger partial charge is 0.490 e. The highest BCUT2D eigenvalue weighted by molar-refractivity contribution is 6.31. The molecular formula is C22H19ClN2O3. The van der Waals surface area contributed by atoms with E-state index >= 15 is 0 Å². The number of rotatable bonds is 7. The van der Waals surface area contributed by atoms with E-state index in [1.54, 1.807) is 48.7 Å². The van der Waals surface area contributed by atoms with Crippen LogP contribution in [0.15, 0.2) is 48.2 Å². The summed E-state index contributed by atoms with van der Waals surface area (Å²) in [5.41, 5.74) is 1.88. The Kier molecular flexibility index (Phi) is 6.03. The number of H-pyrrole nitrogens is 1. The Balaban J connectivity index is 1.98. The van der Waals surface area contributed by atoms with Crippen molar-refractivity contribution in [3.8, 4) is 17.6 Å². The molecule has 0 unspecified atom stereocenters. The van der Waals surface area contributed by atoms with E-state index in [1.807, 2.05) is 19.9 Å². The number of carbonyl (C=O) groups excluding carboxylic acids is 1. The van der Waals surface area contributed by atoms with Gasteiger partial charge < -0.3 is 14.5 Å². The van der Waals surface area contributed by atoms with E-state index in [1.165, 1.54) is 0 Å². The number of allylic oxidation sites excluding steroid dienone is 1. The Hall–Kier alpha value is -3.23. The smallest absolute Gasteiger partial charge is 0.205 e. The fourth-order valence-electron chi connectivity index (χ4n) is 2.90. The van der Waals surface area contributed by atoms with Crippen molar-refractivity contribution in [2.24, 2.45) is 0 Å². The molecule has 0 aliphatic heterocycles. The van der Waals surface area contributed by atoms with Gasteiger partial charge in [-0.3, -0.25) is 4.79 Å². The number of hydrogen-bond donors (Lipinski definition) is 1. The summed E-state index contributed by atoms with van der Waals surface area (Å²) in [6.07, 6.45) is 3.15. The summed E-state index contributed by atoms with van der Waals surface area (Å²) in [5, 5.41) is 10.8. The molecule has 0 bridgehead atoms. The van der Waals surface area contributed by atoms with Gasteiger partial charge in [0, 0.05) is 27.7 Å². The van der Waals surface area contributed by atoms with Crippen LogP contribution < -0.4 is 9.47 Å². The number of ketones is 1. The zero-order valence-corrected chi connectivity index (χ0v) is 16.3. The van der Waals surface area contributed by atoms with Gasteiger partial charge in [-0.1, -0.05) is 23.7 Å². The maximum atomic E-state index is 12.9. The first kappa shape index (κ1) is 19.5. The Morgan fingerprint density at radius 1 is 1.14 bits per heavy atom. The molecule has 1 aromatic heterocycles. The highest BCUT2D eigenvalue weighted by Gasteiger charge is 2.17. The van der Waals surface area contributed by atoms with Gasteiger partial charge in [-0.15, -0.1) is 0 Å². The number of fused-ring (bicyclic) bond motifs is 1. The second-order valence-corrected chi connectivity index (χ2v) is 6.40. The molecule has 1 heterocycles. The molecule has 0 aliphatic rings. The SMILES string of the molecule is CCOc1ccc(/C=C(/C#N)C(=O)c2c[nH]c3cc(Cl)ccc23)cc1OCC. The molecule has 1 N–H and O–H groups in total. The van der Waals surface area contributed by atoms with E-state index in [0.29, 0.717) is 40.9 Å². The van der Waals surface area contributed by atoms with E-state index < -0.39 is 0 Å². The van der Waals surface area contributed by atoms with Crippen molar-refractivity contribution >= 4 is 34.4 Å². The topological polar surface area (TPSA) is 75.1 Å². The number of nitrogens with zero attached hydrogens (tertiary/aromatic N) is 1. The molecule has 0 amide bonds. The molecule has 0 saturated carbocycles. The Morgan fingerprint density at radius 2 is 1.89 bits per heavy atom. The second kappa shape index (κ2) is 8.64. The number of aromatic nitrogens is 1. The van der Waals surface area contributed by atoms with Crippen LogP contribution in [0.1, 0.15) is 29.8 Å². The molecule has 6 heteroatoms. The van der Waals surface area contributed by atoms with Crippen LogP contribution >= 0.6 is 11.6 Å². The number of halogens is 1. The summed E-state index contributed by atoms with van der Waals surface area (Å²) in [4.78, 5) is 15.9. The summed E-state index contributed by atoms with van der Waals surface area (Å²) in [6, 6.07) is 12.5. The van der Waals surface area contributed by atoms with Crippen LogP contribution in [-0.2, 0) is 0 Å². The zero-order chi connectivity index (χ0) is 20.1. The van der Waals surface area contributed by atoms with E-state index in [2.05, 4.69) is 4.98 Å². The third-order valence-corrected chi connectivity index (χ3v) is 4.37. The van der Waals surface area contributed by atoms with Crippen molar-refractivity contribution in [1.29, 1.82) is 5.26 Å². The normalized spacial score (nSPS) is 11.3. The van der Waals surface area contributed by atoms with Crippen molar-refractivity contribution in [3.63, 3.8) is 0 Å². The molecule has 0 spiro atoms. The van der Waals surface area contributed by atoms with Gasteiger partial charge in [-0.2, -0.15) is 5.26 Å². The minimum Gasteiger partial charge on any atom is -0.490 e. The number of benzene rings is 2. The molecule has 0 saturated heterocycles. The molecule has 0 atom stereocenters. The first-order valence-electron chi connectivity index (χ1n) is 8.90. The van der Waals surface area contributed by atoms with E-state index in [9.17, 15) is 10.1 Å². The molecule has 28 heavy (non-hydrogen) atoms. The van der Waals surface area contributed by atoms with Gasteiger partial charge in [0.1, 0.15) is 11.6 Å². The van der Waals surface area contributed by atoms with Crippen molar-refractivity contribution < 1.29 is 14.3 Å². The predicted molar refractivity (Wildman–Crippen MR) is 110 cm³/mol. The van der Waals surface area contributed by atoms with Crippen molar-refractivity contribution in [2.45, 2.75) is 13.8 Å². The molecule has 3 rings (SSSR count). The standard InChI is InChI=1S/C22H19ClN2O3/c1-3-27-20-8-5-14(10-21(20)28-4-2)9-15(12-24)22(26)18-13-25-19-11-16(23)6-7-17(18)19/h5-11,13,25H,3-4H2,1-2H3/b15-9-. The highest BCUT2D eigenvalue weighted by atomic mass is 35.5. The van der Waals surface area contributed by atoms with Crippen LogP contribution in [-0.4, -0.2) is 24.0 Å². The van der Waals surface area contributed by atoms with Crippen LogP contribution in [0.2, 0.25) is 5.02 Å². The van der Waals surface area contributed by atoms with E-state index in [-0.39, 0.29) is 11.4 Å². The third kappa shape index (κ3) is 4.03. The Bertz CT molecular complexity index is 1090. The molecule has 0 radical (unpaired) electrons. The molecule has 3 aromatic rings. The lowest BCUT2D eigenvalue weighted by Gasteiger charge is -2.11. The lowest BCUT2D eigenvalue weighted by Crippen LogP contribution is -2.01. The Labute approximate surface area is 168 Å². The minimum atomic E-state index is -0.358. The lowest BCUT2D eigenvalue weighted by molar-refractivity contribution is 0.104. The quantitative estimate of drug-likeness (QED) is 0.330. The van der Waals surface area contributed by atoms with Gasteiger partial charge in [0.15, 0.2) is 11.5 Å². The fourth-order valence-corrected chi connectivity index (χ4v) is 3.08. The van der Waals surface area contributed by atoms with Crippen molar-refractivity contribution in [3.05, 3.63) is 64.3 Å². The highest BCUT2D eigenvalue weighted by Crippen LogP contribution is 2.30. The molecule has 0 aliphatic carbocycles. The predicted octanol–water partition coefficient (Wildman–Crippen LogP) is 5.41. The van der Waals surface area contributed by atoms with Gasteiger partial charge in [0.25, 0.3) is 0 Å². The summed E-state index contributed by atoms with van der Waals surface area (Å²) in [7, 11) is 0. The number of hydrogen-bond acceptors (Lipinski definition) is 4. The third-order valence-electron chi connectivity index (χ3n) is 4.13. The first-order valence-corrected chi connectivity index (χ1v) is 9.28. The molecule has 142 valence electrons. The van der Waals surface area contributed by atoms with Crippen LogP contribution in [0.5, 0.6) is 11.5 Å². The van der Waals surface area contributed by atoms with Gasteiger partial charge >= 0.3 is 0 Å². The van der Waals surface area contributed by atoms with Crippen LogP contribution in [0, 0.1) is 11.3 Å². The average molecular weight is 395 g/mol. The summed E-state index contributed by atoms with van der Waals surface area (Å²) in [5.74, 6) is 0.840. The molecule has 5 nitrogen and oxygen atoms in total. The zero-order valence-electron chi connectivity index (χ0n) is 15.6. The van der Waals surface area contributed by atoms with Gasteiger partial charge in [-0.05, 0) is 49.8 Å². The van der Waals surface area contributed by atoms with Crippen molar-refractivity contribution in [2.75, 3.05) is 13.2 Å². The number of carbonyl (C=O) groups is 1. The number of aromatic amines is 1. The average Bonchev–Trinajstić information content (AvgIpc) is 3.10. The van der Waals surface area contributed by atoms with Crippen LogP contribution in [0.3, 0.4) is 0 Å². The van der Waals surface area contributed by atoms with Crippen LogP contribution in [0.4, 0.5) is 0 Å². The number of nitrogens with one attached hydrogen (secondary N) is 1. The molecular weight excluding hydrogens is 376 g/mol. The van der Waals surface area contributed by atoms with E-state index in [4.69, 9.17) is 21.1 Å². The summed E-state index contributed by atoms with van der Waals surface area (Å²) >= 11 is 5.99. The van der Waals surface area contributed by atoms with Crippen LogP contribution in [0.25, 0.3) is 17.0 Å². The number of Topliss-reactive ketones (excluding diaryl/α,β-unsaturated/α-hetero) is 1. The number of nitriles is 1. The Morgan fingerprint density at radius 3 is 2.61 bits per heavy atom. The summed E-state index contributed by atoms with van der Waals surface area (Å²) < 4.78 is 11.2. The van der Waals surface area contributed by atoms with Gasteiger partial charge in [0.05, 0.1) is 13.2 Å². The molecule has 2 aromatic carbocycles. The maximum Gasteiger partial charge on any atom is 0.205 e. The van der Waals surface area contributed by atoms with E-state index in [0.717, 1.165) is 10.9 Å². The second-order valence-electron chi connectivity index (χ2n) is 5.96. The monoisotopic (exact) mass is 394 g/mol. The van der Waals surface area contributed by atoms with Gasteiger partial charge in [0.2, 0.25) is 5.78 Å². The molecule has 0 fully saturated rings. The minimum absolute atomic E-state index is 0.0301. The number of ether oxygens (including phenoxy) is 2. The van der Waals surface area contributed by atoms with Gasteiger partial charge in [-0.25, -0.2) is 0 Å². The maximum absolute atomic E-state index is 12.9. The first-order chi connectivity index (χ1) is 13.6. The van der Waals surface area contributed by atoms with Crippen molar-refractivity contribution in [1.82, 2.24) is 4.98 Å². The lowest BCUT2D eigenvalue weighted by atomic mass is 10.0. The summed E-state index contributed by atoms with van der Waals surface area (Å²) in [6.45, 7) is 4.77.